The molecule has 0 aromatic carbocycles. The normalized spacial score (nSPS) is 17.4. The van der Waals surface area contributed by atoms with Crippen LogP contribution in [0.3, 0.4) is 0 Å². The maximum Gasteiger partial charge on any atom is 0.310 e. The molecule has 0 bridgehead atoms. The Labute approximate surface area is 108 Å². The van der Waals surface area contributed by atoms with Gasteiger partial charge in [0.25, 0.3) is 5.89 Å². The number of H-pyrrole nitrogens is 1. The summed E-state index contributed by atoms with van der Waals surface area (Å²) >= 11 is 0. The summed E-state index contributed by atoms with van der Waals surface area (Å²) < 4.78 is 5.50. The number of aromatic nitrogens is 4. The van der Waals surface area contributed by atoms with E-state index in [0.29, 0.717) is 32.6 Å². The van der Waals surface area contributed by atoms with Crippen LogP contribution in [0.1, 0.15) is 33.5 Å². The fourth-order valence-corrected chi connectivity index (χ4v) is 2.46. The van der Waals surface area contributed by atoms with Crippen LogP contribution in [-0.4, -0.2) is 37.7 Å². The molecule has 0 saturated carbocycles. The van der Waals surface area contributed by atoms with Crippen LogP contribution in [-0.2, 0) is 26.1 Å². The van der Waals surface area contributed by atoms with E-state index in [4.69, 9.17) is 4.42 Å². The van der Waals surface area contributed by atoms with Crippen LogP contribution in [0.15, 0.2) is 4.42 Å². The number of nitrogens with one attached hydrogen (secondary N) is 2. The number of nitrogens with zero attached hydrogens (tertiary/aromatic N) is 4. The Morgan fingerprint density at radius 1 is 1.21 bits per heavy atom. The van der Waals surface area contributed by atoms with Gasteiger partial charge in [-0.25, -0.2) is 4.98 Å². The third-order valence-electron chi connectivity index (χ3n) is 3.49. The Morgan fingerprint density at radius 3 is 3.00 bits per heavy atom. The minimum Gasteiger partial charge on any atom is -0.436 e. The van der Waals surface area contributed by atoms with E-state index in [2.05, 4.69) is 25.7 Å². The second-order valence-corrected chi connectivity index (χ2v) is 4.69. The van der Waals surface area contributed by atoms with Crippen molar-refractivity contribution in [2.45, 2.75) is 26.1 Å². The number of aromatic amines is 1. The Balaban J connectivity index is 1.58. The first-order valence-electron chi connectivity index (χ1n) is 6.18. The number of carbonyl (C=O) groups is 1. The Hall–Kier alpha value is -2.22. The van der Waals surface area contributed by atoms with Gasteiger partial charge >= 0.3 is 5.91 Å². The average Bonchev–Trinajstić information content (AvgIpc) is 3.11. The highest BCUT2D eigenvalue weighted by atomic mass is 16.4. The van der Waals surface area contributed by atoms with Crippen LogP contribution < -0.4 is 5.32 Å². The molecule has 4 rings (SSSR count). The number of amides is 1. The molecule has 0 spiro atoms. The highest BCUT2D eigenvalue weighted by Gasteiger charge is 2.29. The summed E-state index contributed by atoms with van der Waals surface area (Å²) in [5.74, 6) is 0.768. The largest absolute Gasteiger partial charge is 0.436 e. The number of oxazole rings is 1. The van der Waals surface area contributed by atoms with Crippen LogP contribution in [0, 0.1) is 0 Å². The molecular weight excluding hydrogens is 248 g/mol. The van der Waals surface area contributed by atoms with E-state index in [1.54, 1.807) is 4.90 Å². The first-order valence-corrected chi connectivity index (χ1v) is 6.18. The average molecular weight is 260 g/mol. The summed E-state index contributed by atoms with van der Waals surface area (Å²) in [6, 6.07) is 0. The topological polar surface area (TPSA) is 99.9 Å². The van der Waals surface area contributed by atoms with Crippen LogP contribution in [0.2, 0.25) is 0 Å². The summed E-state index contributed by atoms with van der Waals surface area (Å²) in [4.78, 5) is 18.3. The number of rotatable bonds is 1. The predicted molar refractivity (Wildman–Crippen MR) is 61.9 cm³/mol. The van der Waals surface area contributed by atoms with Gasteiger partial charge in [-0.1, -0.05) is 0 Å². The summed E-state index contributed by atoms with van der Waals surface area (Å²) in [5.41, 5.74) is 2.59. The highest BCUT2D eigenvalue weighted by Crippen LogP contribution is 2.20. The summed E-state index contributed by atoms with van der Waals surface area (Å²) in [5, 5.41) is 13.8. The van der Waals surface area contributed by atoms with Gasteiger partial charge < -0.3 is 14.6 Å². The second-order valence-electron chi connectivity index (χ2n) is 4.69. The van der Waals surface area contributed by atoms with Gasteiger partial charge in [-0.15, -0.1) is 0 Å². The van der Waals surface area contributed by atoms with Crippen molar-refractivity contribution >= 4 is 5.91 Å². The van der Waals surface area contributed by atoms with Crippen LogP contribution in [0.4, 0.5) is 0 Å². The van der Waals surface area contributed by atoms with Crippen molar-refractivity contribution in [3.63, 3.8) is 0 Å². The van der Waals surface area contributed by atoms with E-state index in [1.165, 1.54) is 0 Å². The zero-order chi connectivity index (χ0) is 12.8. The Kier molecular flexibility index (Phi) is 2.18. The molecule has 0 unspecified atom stereocenters. The van der Waals surface area contributed by atoms with E-state index in [9.17, 15) is 4.79 Å². The van der Waals surface area contributed by atoms with Crippen LogP contribution in [0.25, 0.3) is 0 Å². The number of hydrogen-bond acceptors (Lipinski definition) is 6. The number of carbonyl (C=O) groups excluding carboxylic acids is 1. The smallest absolute Gasteiger partial charge is 0.310 e. The minimum atomic E-state index is -0.178. The quantitative estimate of drug-likeness (QED) is 0.723. The standard InChI is InChI=1S/C11H12N6O2/c18-11(10-13-7-3-12-4-9(7)19-10)17-2-1-6-8(5-17)15-16-14-6/h12H,1-5H2,(H,14,15,16). The molecule has 2 aliphatic heterocycles. The van der Waals surface area contributed by atoms with Crippen LogP contribution in [0.5, 0.6) is 0 Å². The van der Waals surface area contributed by atoms with Gasteiger partial charge in [0.2, 0.25) is 0 Å². The van der Waals surface area contributed by atoms with Crippen molar-refractivity contribution < 1.29 is 9.21 Å². The molecule has 1 amide bonds. The first-order chi connectivity index (χ1) is 9.31. The van der Waals surface area contributed by atoms with Crippen molar-refractivity contribution in [2.24, 2.45) is 0 Å². The van der Waals surface area contributed by atoms with Gasteiger partial charge in [-0.05, 0) is 0 Å². The lowest BCUT2D eigenvalue weighted by atomic mass is 10.1. The van der Waals surface area contributed by atoms with E-state index in [-0.39, 0.29) is 11.8 Å². The van der Waals surface area contributed by atoms with Crippen molar-refractivity contribution in [3.05, 3.63) is 28.7 Å². The van der Waals surface area contributed by atoms with E-state index in [0.717, 1.165) is 22.8 Å². The van der Waals surface area contributed by atoms with Gasteiger partial charge in [0.15, 0.2) is 0 Å². The van der Waals surface area contributed by atoms with Crippen LogP contribution >= 0.6 is 0 Å². The molecule has 2 aromatic rings. The zero-order valence-electron chi connectivity index (χ0n) is 10.1. The predicted octanol–water partition coefficient (Wildman–Crippen LogP) is -0.406. The van der Waals surface area contributed by atoms with Gasteiger partial charge in [0.05, 0.1) is 24.5 Å². The fourth-order valence-electron chi connectivity index (χ4n) is 2.46. The third kappa shape index (κ3) is 1.64. The molecule has 0 aliphatic carbocycles. The van der Waals surface area contributed by atoms with Gasteiger partial charge in [-0.2, -0.15) is 15.4 Å². The lowest BCUT2D eigenvalue weighted by Gasteiger charge is -2.23. The molecule has 2 aliphatic rings. The Morgan fingerprint density at radius 2 is 2.11 bits per heavy atom. The zero-order valence-corrected chi connectivity index (χ0v) is 10.1. The SMILES string of the molecule is O=C(c1nc2c(o1)CNC2)N1CCc2n[nH]nc2C1. The molecule has 4 heterocycles. The molecule has 0 fully saturated rings. The molecule has 0 saturated heterocycles. The molecule has 0 radical (unpaired) electrons. The fraction of sp³-hybridized carbons (Fsp3) is 0.455. The molecule has 2 N–H and O–H groups in total. The van der Waals surface area contributed by atoms with Crippen molar-refractivity contribution in [1.82, 2.24) is 30.6 Å². The first kappa shape index (κ1) is 10.7. The van der Waals surface area contributed by atoms with Crippen molar-refractivity contribution in [1.29, 1.82) is 0 Å². The lowest BCUT2D eigenvalue weighted by Crippen LogP contribution is -2.36. The molecule has 0 atom stereocenters. The summed E-state index contributed by atoms with van der Waals surface area (Å²) in [7, 11) is 0. The molecule has 8 heteroatoms. The van der Waals surface area contributed by atoms with E-state index < -0.39 is 0 Å². The maximum atomic E-state index is 12.3. The number of hydrogen-bond donors (Lipinski definition) is 2. The maximum absolute atomic E-state index is 12.3. The van der Waals surface area contributed by atoms with E-state index in [1.807, 2.05) is 0 Å². The second kappa shape index (κ2) is 3.89. The summed E-state index contributed by atoms with van der Waals surface area (Å²) in [6.45, 7) is 2.38. The van der Waals surface area contributed by atoms with Gasteiger partial charge in [-0.3, -0.25) is 4.79 Å². The third-order valence-corrected chi connectivity index (χ3v) is 3.49. The lowest BCUT2D eigenvalue weighted by molar-refractivity contribution is 0.0689. The van der Waals surface area contributed by atoms with Gasteiger partial charge in [0.1, 0.15) is 11.5 Å². The molecule has 19 heavy (non-hydrogen) atoms. The monoisotopic (exact) mass is 260 g/mol. The minimum absolute atomic E-state index is 0.178. The van der Waals surface area contributed by atoms with Gasteiger partial charge in [0, 0.05) is 19.5 Å². The van der Waals surface area contributed by atoms with E-state index >= 15 is 0 Å². The Bertz CT molecular complexity index is 624. The number of fused-ring (bicyclic) bond motifs is 2. The molecular formula is C11H12N6O2. The molecule has 2 aromatic heterocycles. The molecule has 8 nitrogen and oxygen atoms in total. The summed E-state index contributed by atoms with van der Waals surface area (Å²) in [6.07, 6.45) is 0.708. The van der Waals surface area contributed by atoms with Crippen molar-refractivity contribution in [2.75, 3.05) is 6.54 Å². The molecule has 98 valence electrons. The highest BCUT2D eigenvalue weighted by molar-refractivity contribution is 5.89. The van der Waals surface area contributed by atoms with Crippen molar-refractivity contribution in [3.8, 4) is 0 Å².